The summed E-state index contributed by atoms with van der Waals surface area (Å²) in [5.74, 6) is -0.761. The average molecular weight is 389 g/mol. The highest BCUT2D eigenvalue weighted by molar-refractivity contribution is 6.44. The number of carbonyl (C=O) groups excluding carboxylic acids is 2. The molecule has 0 aliphatic rings. The van der Waals surface area contributed by atoms with Crippen molar-refractivity contribution in [2.45, 2.75) is 0 Å². The van der Waals surface area contributed by atoms with Gasteiger partial charge in [-0.05, 0) is 36.4 Å². The van der Waals surface area contributed by atoms with E-state index in [1.54, 1.807) is 42.5 Å². The highest BCUT2D eigenvalue weighted by atomic mass is 35.5. The molecule has 0 aromatic heterocycles. The van der Waals surface area contributed by atoms with Crippen LogP contribution in [0.4, 0.5) is 5.69 Å². The van der Waals surface area contributed by atoms with Crippen LogP contribution < -0.4 is 10.1 Å². The molecule has 126 valence electrons. The van der Waals surface area contributed by atoms with Crippen LogP contribution >= 0.6 is 34.8 Å². The molecular formula is C16H12Cl3NO4. The number of anilines is 1. The molecule has 0 aliphatic carbocycles. The number of nitrogens with one attached hydrogen (secondary N) is 1. The summed E-state index contributed by atoms with van der Waals surface area (Å²) in [6, 6.07) is 11.3. The fourth-order valence-electron chi connectivity index (χ4n) is 1.65. The second-order valence-electron chi connectivity index (χ2n) is 4.55. The van der Waals surface area contributed by atoms with Crippen LogP contribution in [0.15, 0.2) is 42.5 Å². The van der Waals surface area contributed by atoms with E-state index in [0.717, 1.165) is 0 Å². The molecular weight excluding hydrogens is 377 g/mol. The monoisotopic (exact) mass is 387 g/mol. The molecule has 0 fully saturated rings. The zero-order valence-electron chi connectivity index (χ0n) is 12.2. The standard InChI is InChI=1S/C16H12Cl3NO4/c17-10-4-6-11(7-5-10)23-9-15(22)24-8-14(21)20-13-3-1-2-12(18)16(13)19/h1-7H,8-9H2,(H,20,21). The molecule has 2 aromatic carbocycles. The Balaban J connectivity index is 1.75. The van der Waals surface area contributed by atoms with Gasteiger partial charge in [0.05, 0.1) is 15.7 Å². The van der Waals surface area contributed by atoms with Gasteiger partial charge in [-0.25, -0.2) is 4.79 Å². The number of amides is 1. The summed E-state index contributed by atoms with van der Waals surface area (Å²) in [4.78, 5) is 23.3. The molecule has 0 saturated heterocycles. The summed E-state index contributed by atoms with van der Waals surface area (Å²) in [7, 11) is 0. The molecule has 0 spiro atoms. The van der Waals surface area contributed by atoms with E-state index < -0.39 is 18.5 Å². The Hall–Kier alpha value is -1.95. The van der Waals surface area contributed by atoms with Crippen molar-refractivity contribution in [1.82, 2.24) is 0 Å². The number of halogens is 3. The van der Waals surface area contributed by atoms with Gasteiger partial charge in [-0.2, -0.15) is 0 Å². The Labute approximate surface area is 153 Å². The Bertz CT molecular complexity index is 735. The van der Waals surface area contributed by atoms with Crippen LogP contribution in [0.1, 0.15) is 0 Å². The minimum absolute atomic E-state index is 0.213. The first-order chi connectivity index (χ1) is 11.5. The summed E-state index contributed by atoms with van der Waals surface area (Å²) in [6.07, 6.45) is 0. The highest BCUT2D eigenvalue weighted by Crippen LogP contribution is 2.29. The van der Waals surface area contributed by atoms with Crippen LogP contribution in [-0.4, -0.2) is 25.1 Å². The number of hydrogen-bond acceptors (Lipinski definition) is 4. The lowest BCUT2D eigenvalue weighted by molar-refractivity contribution is -0.149. The van der Waals surface area contributed by atoms with Crippen molar-refractivity contribution < 1.29 is 19.1 Å². The summed E-state index contributed by atoms with van der Waals surface area (Å²) in [5.41, 5.74) is 0.336. The predicted octanol–water partition coefficient (Wildman–Crippen LogP) is 4.21. The summed E-state index contributed by atoms with van der Waals surface area (Å²) in [5, 5.41) is 3.58. The van der Waals surface area contributed by atoms with Gasteiger partial charge < -0.3 is 14.8 Å². The number of rotatable bonds is 6. The topological polar surface area (TPSA) is 64.6 Å². The number of carbonyl (C=O) groups is 2. The van der Waals surface area contributed by atoms with E-state index >= 15 is 0 Å². The summed E-state index contributed by atoms with van der Waals surface area (Å²) in [6.45, 7) is -0.793. The number of ether oxygens (including phenoxy) is 2. The molecule has 0 atom stereocenters. The maximum Gasteiger partial charge on any atom is 0.344 e. The van der Waals surface area contributed by atoms with Gasteiger partial charge in [-0.1, -0.05) is 40.9 Å². The van der Waals surface area contributed by atoms with Crippen molar-refractivity contribution in [1.29, 1.82) is 0 Å². The van der Waals surface area contributed by atoms with Crippen molar-refractivity contribution in [3.63, 3.8) is 0 Å². The molecule has 0 saturated carbocycles. The maximum atomic E-state index is 11.7. The Kier molecular flexibility index (Phi) is 6.73. The van der Waals surface area contributed by atoms with E-state index in [2.05, 4.69) is 5.32 Å². The van der Waals surface area contributed by atoms with Crippen LogP contribution in [0.2, 0.25) is 15.1 Å². The van der Waals surface area contributed by atoms with Crippen molar-refractivity contribution in [2.75, 3.05) is 18.5 Å². The number of hydrogen-bond donors (Lipinski definition) is 1. The smallest absolute Gasteiger partial charge is 0.344 e. The fourth-order valence-corrected chi connectivity index (χ4v) is 2.12. The fraction of sp³-hybridized carbons (Fsp3) is 0.125. The van der Waals surface area contributed by atoms with Crippen LogP contribution in [-0.2, 0) is 14.3 Å². The van der Waals surface area contributed by atoms with Gasteiger partial charge in [0.15, 0.2) is 13.2 Å². The number of esters is 1. The van der Waals surface area contributed by atoms with Crippen molar-refractivity contribution in [2.24, 2.45) is 0 Å². The second kappa shape index (κ2) is 8.78. The van der Waals surface area contributed by atoms with Crippen LogP contribution in [0.5, 0.6) is 5.75 Å². The van der Waals surface area contributed by atoms with Crippen molar-refractivity contribution in [3.05, 3.63) is 57.5 Å². The molecule has 1 N–H and O–H groups in total. The van der Waals surface area contributed by atoms with E-state index in [9.17, 15) is 9.59 Å². The lowest BCUT2D eigenvalue weighted by Crippen LogP contribution is -2.23. The lowest BCUT2D eigenvalue weighted by atomic mass is 10.3. The molecule has 5 nitrogen and oxygen atoms in total. The van der Waals surface area contributed by atoms with E-state index in [-0.39, 0.29) is 11.6 Å². The van der Waals surface area contributed by atoms with E-state index in [0.29, 0.717) is 21.5 Å². The normalized spacial score (nSPS) is 10.1. The molecule has 2 aromatic rings. The highest BCUT2D eigenvalue weighted by Gasteiger charge is 2.11. The van der Waals surface area contributed by atoms with Crippen LogP contribution in [0.3, 0.4) is 0 Å². The van der Waals surface area contributed by atoms with Crippen molar-refractivity contribution >= 4 is 52.4 Å². The quantitative estimate of drug-likeness (QED) is 0.753. The molecule has 8 heteroatoms. The first-order valence-corrected chi connectivity index (χ1v) is 7.87. The molecule has 0 aliphatic heterocycles. The van der Waals surface area contributed by atoms with Gasteiger partial charge in [0.25, 0.3) is 5.91 Å². The second-order valence-corrected chi connectivity index (χ2v) is 5.77. The molecule has 1 amide bonds. The van der Waals surface area contributed by atoms with Crippen LogP contribution in [0, 0.1) is 0 Å². The Morgan fingerprint density at radius 1 is 0.958 bits per heavy atom. The largest absolute Gasteiger partial charge is 0.482 e. The van der Waals surface area contributed by atoms with Crippen molar-refractivity contribution in [3.8, 4) is 5.75 Å². The molecule has 0 radical (unpaired) electrons. The van der Waals surface area contributed by atoms with E-state index in [1.165, 1.54) is 0 Å². The minimum Gasteiger partial charge on any atom is -0.482 e. The first-order valence-electron chi connectivity index (χ1n) is 6.73. The third-order valence-electron chi connectivity index (χ3n) is 2.76. The van der Waals surface area contributed by atoms with Gasteiger partial charge in [0.2, 0.25) is 0 Å². The summed E-state index contributed by atoms with van der Waals surface area (Å²) < 4.78 is 10.0. The van der Waals surface area contributed by atoms with E-state index in [1.807, 2.05) is 0 Å². The zero-order chi connectivity index (χ0) is 17.5. The predicted molar refractivity (Wildman–Crippen MR) is 93.0 cm³/mol. The lowest BCUT2D eigenvalue weighted by Gasteiger charge is -2.09. The third-order valence-corrected chi connectivity index (χ3v) is 3.83. The average Bonchev–Trinajstić information content (AvgIpc) is 2.56. The molecule has 0 bridgehead atoms. The van der Waals surface area contributed by atoms with Crippen LogP contribution in [0.25, 0.3) is 0 Å². The SMILES string of the molecule is O=C(COC(=O)COc1ccc(Cl)cc1)Nc1cccc(Cl)c1Cl. The van der Waals surface area contributed by atoms with Gasteiger partial charge in [-0.15, -0.1) is 0 Å². The molecule has 2 rings (SSSR count). The Morgan fingerprint density at radius 3 is 2.38 bits per heavy atom. The Morgan fingerprint density at radius 2 is 1.67 bits per heavy atom. The first kappa shape index (κ1) is 18.4. The third kappa shape index (κ3) is 5.60. The van der Waals surface area contributed by atoms with Gasteiger partial charge >= 0.3 is 5.97 Å². The van der Waals surface area contributed by atoms with Gasteiger partial charge in [-0.3, -0.25) is 4.79 Å². The minimum atomic E-state index is -0.683. The molecule has 24 heavy (non-hydrogen) atoms. The molecule has 0 heterocycles. The zero-order valence-corrected chi connectivity index (χ0v) is 14.5. The summed E-state index contributed by atoms with van der Waals surface area (Å²) >= 11 is 17.5. The van der Waals surface area contributed by atoms with Gasteiger partial charge in [0.1, 0.15) is 5.75 Å². The maximum absolute atomic E-state index is 11.7. The number of benzene rings is 2. The van der Waals surface area contributed by atoms with E-state index in [4.69, 9.17) is 44.3 Å². The molecule has 0 unspecified atom stereocenters. The van der Waals surface area contributed by atoms with Gasteiger partial charge in [0, 0.05) is 5.02 Å².